The van der Waals surface area contributed by atoms with Crippen LogP contribution in [0.25, 0.3) is 22.5 Å². The molecule has 0 aliphatic carbocycles. The van der Waals surface area contributed by atoms with Gasteiger partial charge in [-0.05, 0) is 47.5 Å². The molecule has 122 valence electrons. The first-order valence-electron chi connectivity index (χ1n) is 6.85. The van der Waals surface area contributed by atoms with E-state index in [0.29, 0.717) is 17.4 Å². The summed E-state index contributed by atoms with van der Waals surface area (Å²) in [5.41, 5.74) is 1.35. The zero-order valence-electron chi connectivity index (χ0n) is 12.2. The van der Waals surface area contributed by atoms with Gasteiger partial charge in [0.05, 0.1) is 0 Å². The van der Waals surface area contributed by atoms with E-state index in [1.165, 1.54) is 36.4 Å². The molecule has 2 N–H and O–H groups in total. The van der Waals surface area contributed by atoms with E-state index < -0.39 is 10.1 Å². The van der Waals surface area contributed by atoms with Crippen molar-refractivity contribution in [3.8, 4) is 28.2 Å². The van der Waals surface area contributed by atoms with E-state index in [0.717, 1.165) is 0 Å². The lowest BCUT2D eigenvalue weighted by molar-refractivity contribution is 0.110. The Kier molecular flexibility index (Phi) is 3.96. The molecule has 7 heteroatoms. The van der Waals surface area contributed by atoms with Crippen molar-refractivity contribution in [2.24, 2.45) is 0 Å². The maximum absolute atomic E-state index is 11.7. The van der Waals surface area contributed by atoms with E-state index in [2.05, 4.69) is 0 Å². The number of hydrogen-bond donors (Lipinski definition) is 2. The van der Waals surface area contributed by atoms with Crippen molar-refractivity contribution in [3.63, 3.8) is 0 Å². The summed E-state index contributed by atoms with van der Waals surface area (Å²) in [6.45, 7) is 0. The molecule has 0 spiro atoms. The number of aldehydes is 1. The maximum Gasteiger partial charge on any atom is 0.295 e. The van der Waals surface area contributed by atoms with Crippen LogP contribution in [0.15, 0.2) is 63.9 Å². The Morgan fingerprint density at radius 1 is 0.917 bits per heavy atom. The molecule has 0 aliphatic heterocycles. The van der Waals surface area contributed by atoms with Gasteiger partial charge in [-0.15, -0.1) is 0 Å². The molecular formula is C17H12O6S. The number of hydrogen-bond acceptors (Lipinski definition) is 5. The van der Waals surface area contributed by atoms with Crippen LogP contribution in [0.4, 0.5) is 0 Å². The van der Waals surface area contributed by atoms with Gasteiger partial charge in [0.15, 0.2) is 12.0 Å². The summed E-state index contributed by atoms with van der Waals surface area (Å²) in [6, 6.07) is 13.5. The average Bonchev–Trinajstić information content (AvgIpc) is 3.03. The first-order chi connectivity index (χ1) is 11.4. The van der Waals surface area contributed by atoms with Crippen LogP contribution in [0.2, 0.25) is 0 Å². The van der Waals surface area contributed by atoms with Crippen molar-refractivity contribution in [1.82, 2.24) is 0 Å². The lowest BCUT2D eigenvalue weighted by atomic mass is 10.0. The van der Waals surface area contributed by atoms with Crippen LogP contribution in [0.3, 0.4) is 0 Å². The molecule has 0 bridgehead atoms. The number of carbonyl (C=O) groups is 1. The van der Waals surface area contributed by atoms with Crippen molar-refractivity contribution < 1.29 is 27.3 Å². The predicted octanol–water partition coefficient (Wildman–Crippen LogP) is 3.38. The number of rotatable bonds is 4. The Balaban J connectivity index is 2.17. The molecule has 0 amide bonds. The summed E-state index contributed by atoms with van der Waals surface area (Å²) < 4.78 is 38.3. The molecule has 0 radical (unpaired) electrons. The summed E-state index contributed by atoms with van der Waals surface area (Å²) in [5.74, 6) is 0.290. The zero-order valence-corrected chi connectivity index (χ0v) is 13.0. The van der Waals surface area contributed by atoms with Crippen molar-refractivity contribution in [3.05, 3.63) is 60.4 Å². The number of aromatic hydroxyl groups is 1. The lowest BCUT2D eigenvalue weighted by Crippen LogP contribution is -2.01. The maximum atomic E-state index is 11.7. The van der Waals surface area contributed by atoms with Gasteiger partial charge in [-0.2, -0.15) is 8.42 Å². The van der Waals surface area contributed by atoms with E-state index in [1.807, 2.05) is 0 Å². The van der Waals surface area contributed by atoms with Crippen LogP contribution in [-0.4, -0.2) is 24.4 Å². The van der Waals surface area contributed by atoms with Crippen LogP contribution in [-0.2, 0) is 10.1 Å². The topological polar surface area (TPSA) is 105 Å². The van der Waals surface area contributed by atoms with E-state index in [9.17, 15) is 22.9 Å². The third-order valence-corrected chi connectivity index (χ3v) is 4.36. The van der Waals surface area contributed by atoms with E-state index in [4.69, 9.17) is 4.42 Å². The fourth-order valence-electron chi connectivity index (χ4n) is 2.33. The minimum Gasteiger partial charge on any atom is -0.508 e. The molecule has 0 saturated carbocycles. The fourth-order valence-corrected chi connectivity index (χ4v) is 3.06. The fraction of sp³-hybridized carbons (Fsp3) is 0. The molecule has 0 aliphatic rings. The minimum absolute atomic E-state index is 0.0499. The Morgan fingerprint density at radius 2 is 1.58 bits per heavy atom. The molecular weight excluding hydrogens is 332 g/mol. The van der Waals surface area contributed by atoms with Crippen LogP contribution < -0.4 is 0 Å². The Bertz CT molecular complexity index is 1000. The van der Waals surface area contributed by atoms with Gasteiger partial charge in [-0.3, -0.25) is 9.35 Å². The SMILES string of the molecule is O=Cc1ccc(-c2ccc(-c3ccc(O)cc3)cc2S(=O)(=O)O)o1. The molecule has 1 heterocycles. The third-order valence-electron chi connectivity index (χ3n) is 3.47. The molecule has 0 atom stereocenters. The number of furan rings is 1. The molecule has 1 aromatic heterocycles. The number of phenols is 1. The quantitative estimate of drug-likeness (QED) is 0.555. The summed E-state index contributed by atoms with van der Waals surface area (Å²) in [7, 11) is -4.52. The Labute approximate surface area is 137 Å². The largest absolute Gasteiger partial charge is 0.508 e. The molecule has 0 fully saturated rings. The van der Waals surface area contributed by atoms with Crippen molar-refractivity contribution >= 4 is 16.4 Å². The van der Waals surface area contributed by atoms with Crippen LogP contribution in [0.1, 0.15) is 10.6 Å². The smallest absolute Gasteiger partial charge is 0.295 e. The van der Waals surface area contributed by atoms with Crippen molar-refractivity contribution in [2.75, 3.05) is 0 Å². The second-order valence-corrected chi connectivity index (χ2v) is 6.44. The monoisotopic (exact) mass is 344 g/mol. The number of carbonyl (C=O) groups excluding carboxylic acids is 1. The Morgan fingerprint density at radius 3 is 2.17 bits per heavy atom. The molecule has 24 heavy (non-hydrogen) atoms. The van der Waals surface area contributed by atoms with Crippen LogP contribution >= 0.6 is 0 Å². The van der Waals surface area contributed by atoms with Gasteiger partial charge in [-0.1, -0.05) is 18.2 Å². The highest BCUT2D eigenvalue weighted by Crippen LogP contribution is 2.33. The number of benzene rings is 2. The second kappa shape index (κ2) is 5.95. The Hall–Kier alpha value is -2.90. The number of phenolic OH excluding ortho intramolecular Hbond substituents is 1. The van der Waals surface area contributed by atoms with Crippen molar-refractivity contribution in [1.29, 1.82) is 0 Å². The van der Waals surface area contributed by atoms with Gasteiger partial charge in [0.2, 0.25) is 0 Å². The standard InChI is InChI=1S/C17H12O6S/c18-10-14-6-8-16(23-14)15-7-3-12(9-17(15)24(20,21)22)11-1-4-13(19)5-2-11/h1-10,19H,(H,20,21,22). The highest BCUT2D eigenvalue weighted by atomic mass is 32.2. The van der Waals surface area contributed by atoms with Gasteiger partial charge in [0.25, 0.3) is 10.1 Å². The normalized spacial score (nSPS) is 11.4. The molecule has 0 unspecified atom stereocenters. The van der Waals surface area contributed by atoms with Crippen LogP contribution in [0.5, 0.6) is 5.75 Å². The van der Waals surface area contributed by atoms with Gasteiger partial charge < -0.3 is 9.52 Å². The summed E-state index contributed by atoms with van der Waals surface area (Å²) >= 11 is 0. The van der Waals surface area contributed by atoms with Crippen LogP contribution in [0, 0.1) is 0 Å². The first-order valence-corrected chi connectivity index (χ1v) is 8.29. The van der Waals surface area contributed by atoms with Crippen molar-refractivity contribution in [2.45, 2.75) is 4.90 Å². The summed E-state index contributed by atoms with van der Waals surface area (Å²) in [6.07, 6.45) is 0.501. The molecule has 3 aromatic rings. The summed E-state index contributed by atoms with van der Waals surface area (Å²) in [5, 5.41) is 9.33. The highest BCUT2D eigenvalue weighted by Gasteiger charge is 2.20. The summed E-state index contributed by atoms with van der Waals surface area (Å²) in [4.78, 5) is 10.4. The van der Waals surface area contributed by atoms with Gasteiger partial charge >= 0.3 is 0 Å². The molecule has 2 aromatic carbocycles. The van der Waals surface area contributed by atoms with E-state index in [1.54, 1.807) is 18.2 Å². The minimum atomic E-state index is -4.52. The van der Waals surface area contributed by atoms with Gasteiger partial charge in [0, 0.05) is 5.56 Å². The average molecular weight is 344 g/mol. The molecule has 0 saturated heterocycles. The third kappa shape index (κ3) is 3.08. The zero-order chi connectivity index (χ0) is 17.3. The van der Waals surface area contributed by atoms with Gasteiger partial charge in [0.1, 0.15) is 16.4 Å². The van der Waals surface area contributed by atoms with E-state index in [-0.39, 0.29) is 27.7 Å². The first kappa shape index (κ1) is 16.0. The molecule has 3 rings (SSSR count). The van der Waals surface area contributed by atoms with E-state index >= 15 is 0 Å². The molecule has 6 nitrogen and oxygen atoms in total. The van der Waals surface area contributed by atoms with Gasteiger partial charge in [-0.25, -0.2) is 0 Å². The second-order valence-electron chi connectivity index (χ2n) is 5.05. The highest BCUT2D eigenvalue weighted by molar-refractivity contribution is 7.86. The lowest BCUT2D eigenvalue weighted by Gasteiger charge is -2.08. The predicted molar refractivity (Wildman–Crippen MR) is 86.4 cm³/mol.